The van der Waals surface area contributed by atoms with Gasteiger partial charge in [-0.15, -0.1) is 0 Å². The third kappa shape index (κ3) is 2.55. The van der Waals surface area contributed by atoms with E-state index in [0.29, 0.717) is 24.2 Å². The molecule has 1 aliphatic heterocycles. The number of benzene rings is 2. The highest BCUT2D eigenvalue weighted by molar-refractivity contribution is 5.97. The predicted molar refractivity (Wildman–Crippen MR) is 79.3 cm³/mol. The van der Waals surface area contributed by atoms with Crippen molar-refractivity contribution in [2.75, 3.05) is 11.4 Å². The zero-order chi connectivity index (χ0) is 15.7. The summed E-state index contributed by atoms with van der Waals surface area (Å²) in [5, 5.41) is 10.9. The molecule has 1 aliphatic rings. The van der Waals surface area contributed by atoms with Crippen molar-refractivity contribution < 1.29 is 14.1 Å². The van der Waals surface area contributed by atoms with Crippen molar-refractivity contribution in [2.45, 2.75) is 12.8 Å². The lowest BCUT2D eigenvalue weighted by Gasteiger charge is -2.17. The van der Waals surface area contributed by atoms with Gasteiger partial charge in [0, 0.05) is 18.7 Å². The Kier molecular flexibility index (Phi) is 3.58. The molecule has 0 bridgehead atoms. The Hall–Kier alpha value is -2.76. The van der Waals surface area contributed by atoms with E-state index < -0.39 is 10.7 Å². The second kappa shape index (κ2) is 5.55. The molecule has 1 amide bonds. The molecule has 22 heavy (non-hydrogen) atoms. The monoisotopic (exact) mass is 300 g/mol. The number of non-ortho nitro benzene ring substituents is 1. The predicted octanol–water partition coefficient (Wildman–Crippen LogP) is 2.87. The summed E-state index contributed by atoms with van der Waals surface area (Å²) in [6.07, 6.45) is 0.588. The minimum absolute atomic E-state index is 0.0515. The van der Waals surface area contributed by atoms with Crippen LogP contribution in [0.5, 0.6) is 0 Å². The Bertz CT molecular complexity index is 761. The third-order valence-electron chi connectivity index (χ3n) is 3.78. The molecule has 0 aliphatic carbocycles. The molecular weight excluding hydrogens is 287 g/mol. The first-order chi connectivity index (χ1) is 10.6. The molecular formula is C16H13FN2O3. The highest BCUT2D eigenvalue weighted by atomic mass is 19.1. The molecule has 0 saturated carbocycles. The summed E-state index contributed by atoms with van der Waals surface area (Å²) in [4.78, 5) is 24.3. The second-order valence-corrected chi connectivity index (χ2v) is 5.13. The summed E-state index contributed by atoms with van der Waals surface area (Å²) >= 11 is 0. The number of carbonyl (C=O) groups excluding carboxylic acids is 1. The maximum Gasteiger partial charge on any atom is 0.271 e. The van der Waals surface area contributed by atoms with E-state index in [1.54, 1.807) is 24.3 Å². The Morgan fingerprint density at radius 3 is 2.77 bits per heavy atom. The van der Waals surface area contributed by atoms with Crippen LogP contribution in [0.25, 0.3) is 0 Å². The number of anilines is 1. The summed E-state index contributed by atoms with van der Waals surface area (Å²) in [6, 6.07) is 10.6. The fraction of sp³-hybridized carbons (Fsp3) is 0.188. The van der Waals surface area contributed by atoms with E-state index in [2.05, 4.69) is 0 Å². The summed E-state index contributed by atoms with van der Waals surface area (Å²) in [5.74, 6) is -0.682. The first kappa shape index (κ1) is 14.2. The third-order valence-corrected chi connectivity index (χ3v) is 3.78. The molecule has 0 fully saturated rings. The summed E-state index contributed by atoms with van der Waals surface area (Å²) in [7, 11) is 0. The molecule has 0 atom stereocenters. The van der Waals surface area contributed by atoms with Crippen LogP contribution in [0.3, 0.4) is 0 Å². The Labute approximate surface area is 126 Å². The van der Waals surface area contributed by atoms with Gasteiger partial charge in [-0.2, -0.15) is 0 Å². The Morgan fingerprint density at radius 2 is 2.05 bits per heavy atom. The summed E-state index contributed by atoms with van der Waals surface area (Å²) < 4.78 is 13.6. The number of nitrogens with zero attached hydrogens (tertiary/aromatic N) is 2. The van der Waals surface area contributed by atoms with Crippen molar-refractivity contribution in [1.82, 2.24) is 0 Å². The van der Waals surface area contributed by atoms with E-state index in [1.165, 1.54) is 23.1 Å². The molecule has 0 N–H and O–H groups in total. The van der Waals surface area contributed by atoms with Gasteiger partial charge in [0.1, 0.15) is 5.82 Å². The van der Waals surface area contributed by atoms with E-state index in [-0.39, 0.29) is 18.0 Å². The van der Waals surface area contributed by atoms with E-state index in [1.807, 2.05) is 0 Å². The molecule has 5 nitrogen and oxygen atoms in total. The van der Waals surface area contributed by atoms with Crippen LogP contribution in [0.1, 0.15) is 11.1 Å². The maximum absolute atomic E-state index is 13.6. The SMILES string of the molecule is O=C(Cc1ccccc1F)N1CCc2ccc([N+](=O)[O-])cc21. The molecule has 3 rings (SSSR count). The van der Waals surface area contributed by atoms with Crippen LogP contribution in [-0.2, 0) is 17.6 Å². The smallest absolute Gasteiger partial charge is 0.271 e. The maximum atomic E-state index is 13.6. The number of halogens is 1. The molecule has 112 valence electrons. The number of fused-ring (bicyclic) bond motifs is 1. The fourth-order valence-corrected chi connectivity index (χ4v) is 2.64. The van der Waals surface area contributed by atoms with Crippen LogP contribution in [0.4, 0.5) is 15.8 Å². The molecule has 0 saturated heterocycles. The summed E-state index contributed by atoms with van der Waals surface area (Å²) in [6.45, 7) is 0.462. The topological polar surface area (TPSA) is 63.5 Å². The van der Waals surface area contributed by atoms with Gasteiger partial charge in [-0.3, -0.25) is 14.9 Å². The van der Waals surface area contributed by atoms with Crippen LogP contribution < -0.4 is 4.90 Å². The van der Waals surface area contributed by atoms with Crippen molar-refractivity contribution >= 4 is 17.3 Å². The standard InChI is InChI=1S/C16H13FN2O3/c17-14-4-2-1-3-12(14)9-16(20)18-8-7-11-5-6-13(19(21)22)10-15(11)18/h1-6,10H,7-9H2. The van der Waals surface area contributed by atoms with Crippen molar-refractivity contribution in [3.63, 3.8) is 0 Å². The normalized spacial score (nSPS) is 13.0. The lowest BCUT2D eigenvalue weighted by Crippen LogP contribution is -2.30. The van der Waals surface area contributed by atoms with Crippen molar-refractivity contribution in [2.24, 2.45) is 0 Å². The molecule has 0 unspecified atom stereocenters. The van der Waals surface area contributed by atoms with Gasteiger partial charge in [-0.25, -0.2) is 4.39 Å². The number of rotatable bonds is 3. The average Bonchev–Trinajstić information content (AvgIpc) is 2.92. The van der Waals surface area contributed by atoms with Crippen molar-refractivity contribution in [1.29, 1.82) is 0 Å². The van der Waals surface area contributed by atoms with Crippen LogP contribution >= 0.6 is 0 Å². The van der Waals surface area contributed by atoms with Gasteiger partial charge >= 0.3 is 0 Å². The number of nitro benzene ring substituents is 1. The van der Waals surface area contributed by atoms with E-state index in [0.717, 1.165) is 5.56 Å². The Morgan fingerprint density at radius 1 is 1.27 bits per heavy atom. The van der Waals surface area contributed by atoms with Gasteiger partial charge < -0.3 is 4.90 Å². The largest absolute Gasteiger partial charge is 0.311 e. The second-order valence-electron chi connectivity index (χ2n) is 5.13. The van der Waals surface area contributed by atoms with E-state index in [4.69, 9.17) is 0 Å². The average molecular weight is 300 g/mol. The molecule has 2 aromatic carbocycles. The van der Waals surface area contributed by atoms with E-state index in [9.17, 15) is 19.3 Å². The molecule has 6 heteroatoms. The molecule has 0 spiro atoms. The van der Waals surface area contributed by atoms with Crippen LogP contribution in [-0.4, -0.2) is 17.4 Å². The minimum atomic E-state index is -0.488. The number of hydrogen-bond acceptors (Lipinski definition) is 3. The highest BCUT2D eigenvalue weighted by Crippen LogP contribution is 2.32. The molecule has 0 radical (unpaired) electrons. The summed E-state index contributed by atoms with van der Waals surface area (Å²) in [5.41, 5.74) is 1.72. The van der Waals surface area contributed by atoms with Gasteiger partial charge in [0.2, 0.25) is 5.91 Å². The van der Waals surface area contributed by atoms with Gasteiger partial charge in [-0.1, -0.05) is 24.3 Å². The quantitative estimate of drug-likeness (QED) is 0.646. The number of amides is 1. The molecule has 2 aromatic rings. The van der Waals surface area contributed by atoms with Gasteiger partial charge in [0.25, 0.3) is 5.69 Å². The lowest BCUT2D eigenvalue weighted by atomic mass is 10.1. The van der Waals surface area contributed by atoms with Gasteiger partial charge in [0.15, 0.2) is 0 Å². The van der Waals surface area contributed by atoms with E-state index >= 15 is 0 Å². The molecule has 0 aromatic heterocycles. The number of hydrogen-bond donors (Lipinski definition) is 0. The first-order valence-electron chi connectivity index (χ1n) is 6.87. The highest BCUT2D eigenvalue weighted by Gasteiger charge is 2.27. The van der Waals surface area contributed by atoms with Crippen molar-refractivity contribution in [3.05, 3.63) is 69.5 Å². The minimum Gasteiger partial charge on any atom is -0.311 e. The molecule has 1 heterocycles. The fourth-order valence-electron chi connectivity index (χ4n) is 2.64. The van der Waals surface area contributed by atoms with Crippen LogP contribution in [0.15, 0.2) is 42.5 Å². The van der Waals surface area contributed by atoms with Crippen molar-refractivity contribution in [3.8, 4) is 0 Å². The lowest BCUT2D eigenvalue weighted by molar-refractivity contribution is -0.384. The number of carbonyl (C=O) groups is 1. The van der Waals surface area contributed by atoms with Crippen LogP contribution in [0, 0.1) is 15.9 Å². The zero-order valence-corrected chi connectivity index (χ0v) is 11.7. The Balaban J connectivity index is 1.86. The zero-order valence-electron chi connectivity index (χ0n) is 11.7. The van der Waals surface area contributed by atoms with Gasteiger partial charge in [0.05, 0.1) is 17.0 Å². The number of nitro groups is 1. The van der Waals surface area contributed by atoms with Gasteiger partial charge in [-0.05, 0) is 23.6 Å². The first-order valence-corrected chi connectivity index (χ1v) is 6.87. The van der Waals surface area contributed by atoms with Crippen LogP contribution in [0.2, 0.25) is 0 Å².